The summed E-state index contributed by atoms with van der Waals surface area (Å²) in [4.78, 5) is 25.5. The van der Waals surface area contributed by atoms with E-state index in [4.69, 9.17) is 9.47 Å². The number of nitrogens with zero attached hydrogens (tertiary/aromatic N) is 4. The third-order valence-electron chi connectivity index (χ3n) is 5.67. The number of amides is 1. The Morgan fingerprint density at radius 3 is 2.43 bits per heavy atom. The van der Waals surface area contributed by atoms with Crippen LogP contribution in [0.1, 0.15) is 31.0 Å². The molecule has 0 bridgehead atoms. The van der Waals surface area contributed by atoms with Gasteiger partial charge in [0.25, 0.3) is 0 Å². The van der Waals surface area contributed by atoms with Crippen molar-refractivity contribution in [2.45, 2.75) is 31.4 Å². The molecular weight excluding hydrogens is 389 g/mol. The van der Waals surface area contributed by atoms with Crippen LogP contribution in [0.2, 0.25) is 0 Å². The molecule has 5 rings (SSSR count). The number of nitrogens with one attached hydrogen (secondary N) is 1. The van der Waals surface area contributed by atoms with Gasteiger partial charge in [-0.25, -0.2) is 9.37 Å². The molecule has 2 atom stereocenters. The molecule has 1 N–H and O–H groups in total. The minimum Gasteiger partial charge on any atom is -0.480 e. The first kappa shape index (κ1) is 18.8. The molecule has 2 aliphatic rings. The van der Waals surface area contributed by atoms with Crippen LogP contribution in [0.25, 0.3) is 22.2 Å². The van der Waals surface area contributed by atoms with E-state index < -0.39 is 12.1 Å². The summed E-state index contributed by atoms with van der Waals surface area (Å²) in [6.45, 7) is 0. The Balaban J connectivity index is 1.56. The summed E-state index contributed by atoms with van der Waals surface area (Å²) in [7, 11) is 5.06. The number of aryl methyl sites for hydroxylation is 1. The summed E-state index contributed by atoms with van der Waals surface area (Å²) in [6, 6.07) is 3.72. The van der Waals surface area contributed by atoms with E-state index in [2.05, 4.69) is 20.3 Å². The summed E-state index contributed by atoms with van der Waals surface area (Å²) in [5.41, 5.74) is 2.32. The van der Waals surface area contributed by atoms with Crippen LogP contribution in [0, 0.1) is 5.92 Å². The smallest absolute Gasteiger partial charge is 0.231 e. The van der Waals surface area contributed by atoms with Crippen molar-refractivity contribution in [2.75, 3.05) is 19.5 Å². The summed E-state index contributed by atoms with van der Waals surface area (Å²) in [5.74, 6) is 1.51. The van der Waals surface area contributed by atoms with Crippen LogP contribution in [0.15, 0.2) is 18.3 Å². The maximum absolute atomic E-state index is 13.1. The molecule has 30 heavy (non-hydrogen) atoms. The summed E-state index contributed by atoms with van der Waals surface area (Å²) >= 11 is 0. The number of alkyl halides is 1. The van der Waals surface area contributed by atoms with Gasteiger partial charge in [0.1, 0.15) is 23.4 Å². The highest BCUT2D eigenvalue weighted by Gasteiger charge is 2.43. The average Bonchev–Trinajstić information content (AvgIpc) is 3.67. The largest absolute Gasteiger partial charge is 0.480 e. The van der Waals surface area contributed by atoms with E-state index in [9.17, 15) is 9.18 Å². The van der Waals surface area contributed by atoms with Gasteiger partial charge in [-0.15, -0.1) is 0 Å². The predicted molar refractivity (Wildman–Crippen MR) is 108 cm³/mol. The molecule has 0 radical (unpaired) electrons. The highest BCUT2D eigenvalue weighted by Crippen LogP contribution is 2.44. The van der Waals surface area contributed by atoms with Crippen molar-refractivity contribution in [1.29, 1.82) is 0 Å². The van der Waals surface area contributed by atoms with Gasteiger partial charge in [-0.3, -0.25) is 4.79 Å². The van der Waals surface area contributed by atoms with E-state index in [1.807, 2.05) is 17.7 Å². The molecule has 9 heteroatoms. The second kappa shape index (κ2) is 6.93. The summed E-state index contributed by atoms with van der Waals surface area (Å²) in [5, 5.41) is 3.56. The topological polar surface area (TPSA) is 91.2 Å². The number of hydrogen-bond acceptors (Lipinski definition) is 6. The van der Waals surface area contributed by atoms with Crippen molar-refractivity contribution in [3.05, 3.63) is 24.2 Å². The number of pyridine rings is 1. The second-order valence-electron chi connectivity index (χ2n) is 7.81. The SMILES string of the molecule is COc1nc(C2CC2)nc(OC)c1-c1cc2cc(NC(=O)C3CC3F)ncc2n1C. The third-order valence-corrected chi connectivity index (χ3v) is 5.67. The summed E-state index contributed by atoms with van der Waals surface area (Å²) < 4.78 is 26.2. The van der Waals surface area contributed by atoms with E-state index in [0.717, 1.165) is 35.3 Å². The van der Waals surface area contributed by atoms with E-state index in [1.54, 1.807) is 26.5 Å². The Kier molecular flexibility index (Phi) is 4.34. The Labute approximate surface area is 172 Å². The van der Waals surface area contributed by atoms with Gasteiger partial charge in [0.05, 0.1) is 37.5 Å². The number of carbonyl (C=O) groups excluding carboxylic acids is 1. The summed E-state index contributed by atoms with van der Waals surface area (Å²) in [6.07, 6.45) is 3.05. The van der Waals surface area contributed by atoms with Crippen LogP contribution in [-0.2, 0) is 11.8 Å². The van der Waals surface area contributed by atoms with E-state index in [1.165, 1.54) is 0 Å². The minimum atomic E-state index is -1.05. The normalized spacial score (nSPS) is 20.3. The molecule has 1 amide bonds. The second-order valence-corrected chi connectivity index (χ2v) is 7.81. The van der Waals surface area contributed by atoms with Crippen molar-refractivity contribution in [3.8, 4) is 23.0 Å². The highest BCUT2D eigenvalue weighted by atomic mass is 19.1. The molecule has 2 saturated carbocycles. The van der Waals surface area contributed by atoms with Crippen LogP contribution >= 0.6 is 0 Å². The van der Waals surface area contributed by atoms with Gasteiger partial charge in [-0.1, -0.05) is 0 Å². The predicted octanol–water partition coefficient (Wildman–Crippen LogP) is 3.22. The fourth-order valence-corrected chi connectivity index (χ4v) is 3.67. The number of halogens is 1. The number of rotatable bonds is 6. The van der Waals surface area contributed by atoms with Gasteiger partial charge in [-0.05, 0) is 31.4 Å². The maximum Gasteiger partial charge on any atom is 0.231 e. The first-order chi connectivity index (χ1) is 14.5. The molecule has 0 spiro atoms. The number of fused-ring (bicyclic) bond motifs is 1. The first-order valence-electron chi connectivity index (χ1n) is 9.90. The van der Waals surface area contributed by atoms with Crippen molar-refractivity contribution in [2.24, 2.45) is 13.0 Å². The zero-order valence-corrected chi connectivity index (χ0v) is 17.0. The molecule has 2 aliphatic carbocycles. The number of aromatic nitrogens is 4. The lowest BCUT2D eigenvalue weighted by Crippen LogP contribution is -2.15. The quantitative estimate of drug-likeness (QED) is 0.670. The molecule has 8 nitrogen and oxygen atoms in total. The fraction of sp³-hybridized carbons (Fsp3) is 0.429. The van der Waals surface area contributed by atoms with Crippen LogP contribution in [0.5, 0.6) is 11.8 Å². The molecule has 0 saturated heterocycles. The van der Waals surface area contributed by atoms with Crippen molar-refractivity contribution >= 4 is 22.6 Å². The minimum absolute atomic E-state index is 0.278. The van der Waals surface area contributed by atoms with Crippen LogP contribution in [-0.4, -0.2) is 45.8 Å². The number of carbonyl (C=O) groups is 1. The van der Waals surface area contributed by atoms with Crippen LogP contribution in [0.3, 0.4) is 0 Å². The van der Waals surface area contributed by atoms with Crippen LogP contribution < -0.4 is 14.8 Å². The zero-order chi connectivity index (χ0) is 21.0. The molecule has 3 heterocycles. The Morgan fingerprint density at radius 1 is 1.20 bits per heavy atom. The maximum atomic E-state index is 13.1. The molecule has 0 aromatic carbocycles. The van der Waals surface area contributed by atoms with Gasteiger partial charge in [-0.2, -0.15) is 9.97 Å². The van der Waals surface area contributed by atoms with E-state index in [-0.39, 0.29) is 12.3 Å². The standard InChI is InChI=1S/C21H22FN5O3/c1-27-14(17-20(29-2)25-18(10-4-5-10)26-21(17)30-3)6-11-7-16(23-9-15(11)27)24-19(28)12-8-13(12)22/h6-7,9-10,12-13H,4-5,8H2,1-3H3,(H,23,24,28). The molecular formula is C21H22FN5O3. The number of hydrogen-bond donors (Lipinski definition) is 1. The van der Waals surface area contributed by atoms with Gasteiger partial charge in [0, 0.05) is 18.4 Å². The van der Waals surface area contributed by atoms with Gasteiger partial charge in [0.2, 0.25) is 17.7 Å². The Morgan fingerprint density at radius 2 is 1.87 bits per heavy atom. The number of ether oxygens (including phenoxy) is 2. The molecule has 2 fully saturated rings. The van der Waals surface area contributed by atoms with Crippen LogP contribution in [0.4, 0.5) is 10.2 Å². The molecule has 156 valence electrons. The lowest BCUT2D eigenvalue weighted by atomic mass is 10.2. The number of methoxy groups -OCH3 is 2. The fourth-order valence-electron chi connectivity index (χ4n) is 3.67. The lowest BCUT2D eigenvalue weighted by molar-refractivity contribution is -0.117. The Hall–Kier alpha value is -3.23. The van der Waals surface area contributed by atoms with Crippen molar-refractivity contribution in [3.63, 3.8) is 0 Å². The van der Waals surface area contributed by atoms with Gasteiger partial charge < -0.3 is 19.4 Å². The average molecular weight is 411 g/mol. The molecule has 0 aliphatic heterocycles. The molecule has 2 unspecified atom stereocenters. The van der Waals surface area contributed by atoms with Crippen molar-refractivity contribution in [1.82, 2.24) is 19.5 Å². The van der Waals surface area contributed by atoms with Gasteiger partial charge >= 0.3 is 0 Å². The zero-order valence-electron chi connectivity index (χ0n) is 17.0. The first-order valence-corrected chi connectivity index (χ1v) is 9.90. The Bertz CT molecular complexity index is 1130. The number of anilines is 1. The monoisotopic (exact) mass is 411 g/mol. The molecule has 3 aromatic heterocycles. The van der Waals surface area contributed by atoms with Gasteiger partial charge in [0.15, 0.2) is 0 Å². The molecule has 3 aromatic rings. The van der Waals surface area contributed by atoms with E-state index in [0.29, 0.717) is 29.1 Å². The lowest BCUT2D eigenvalue weighted by Gasteiger charge is -2.14. The van der Waals surface area contributed by atoms with Crippen molar-refractivity contribution < 1.29 is 18.7 Å². The third kappa shape index (κ3) is 3.14. The highest BCUT2D eigenvalue weighted by molar-refractivity contribution is 5.96. The van der Waals surface area contributed by atoms with E-state index >= 15 is 0 Å².